The first-order chi connectivity index (χ1) is 5.70. The van der Waals surface area contributed by atoms with Gasteiger partial charge in [0.25, 0.3) is 0 Å². The number of rotatable bonds is 0. The summed E-state index contributed by atoms with van der Waals surface area (Å²) in [6, 6.07) is 0. The Labute approximate surface area is 74.5 Å². The number of nitrogens with two attached hydrogens (primary N) is 1. The number of hydrogen-bond donors (Lipinski definition) is 1. The smallest absolute Gasteiger partial charge is 0.0197 e. The van der Waals surface area contributed by atoms with Crippen molar-refractivity contribution in [3.8, 4) is 0 Å². The number of hydrazine groups is 1. The molecule has 0 amide bonds. The molecule has 2 aliphatic rings. The lowest BCUT2D eigenvalue weighted by atomic mass is 9.79. The quantitative estimate of drug-likeness (QED) is 0.529. The van der Waals surface area contributed by atoms with E-state index < -0.39 is 0 Å². The van der Waals surface area contributed by atoms with Crippen molar-refractivity contribution in [2.75, 3.05) is 33.2 Å². The first kappa shape index (κ1) is 8.48. The van der Waals surface area contributed by atoms with Gasteiger partial charge in [-0.25, -0.2) is 5.01 Å². The Hall–Kier alpha value is -0.120. The van der Waals surface area contributed by atoms with E-state index in [1.54, 1.807) is 0 Å². The van der Waals surface area contributed by atoms with Gasteiger partial charge in [-0.15, -0.1) is 0 Å². The molecule has 0 aromatic carbocycles. The van der Waals surface area contributed by atoms with Gasteiger partial charge in [-0.3, -0.25) is 5.84 Å². The number of likely N-dealkylation sites (tertiary alicyclic amines) is 1. The van der Waals surface area contributed by atoms with Crippen LogP contribution in [0, 0.1) is 5.41 Å². The van der Waals surface area contributed by atoms with E-state index >= 15 is 0 Å². The maximum Gasteiger partial charge on any atom is 0.0197 e. The Morgan fingerprint density at radius 2 is 2.00 bits per heavy atom. The number of piperidine rings is 1. The second-order valence-electron chi connectivity index (χ2n) is 4.56. The third kappa shape index (κ3) is 1.49. The fourth-order valence-corrected chi connectivity index (χ4v) is 2.76. The molecule has 3 nitrogen and oxygen atoms in total. The number of hydrogen-bond acceptors (Lipinski definition) is 3. The van der Waals surface area contributed by atoms with Crippen LogP contribution in [0.2, 0.25) is 0 Å². The van der Waals surface area contributed by atoms with Crippen molar-refractivity contribution in [2.45, 2.75) is 19.3 Å². The standard InChI is InChI=1S/C9H19N3/c1-11-5-2-3-9(7-11)4-6-12(10)8-9/h2-8,10H2,1H3. The Bertz CT molecular complexity index is 167. The second kappa shape index (κ2) is 2.98. The monoisotopic (exact) mass is 169 g/mol. The highest BCUT2D eigenvalue weighted by molar-refractivity contribution is 4.92. The zero-order chi connectivity index (χ0) is 8.60. The van der Waals surface area contributed by atoms with Crippen LogP contribution in [0.4, 0.5) is 0 Å². The number of nitrogens with zero attached hydrogens (tertiary/aromatic N) is 2. The fraction of sp³-hybridized carbons (Fsp3) is 1.00. The molecule has 12 heavy (non-hydrogen) atoms. The first-order valence-corrected chi connectivity index (χ1v) is 4.88. The molecular formula is C9H19N3. The summed E-state index contributed by atoms with van der Waals surface area (Å²) in [4.78, 5) is 2.45. The average molecular weight is 169 g/mol. The summed E-state index contributed by atoms with van der Waals surface area (Å²) < 4.78 is 0. The molecule has 0 saturated carbocycles. The molecular weight excluding hydrogens is 150 g/mol. The van der Waals surface area contributed by atoms with Crippen LogP contribution in [-0.2, 0) is 0 Å². The van der Waals surface area contributed by atoms with Crippen LogP contribution in [0.5, 0.6) is 0 Å². The van der Waals surface area contributed by atoms with Crippen molar-refractivity contribution >= 4 is 0 Å². The minimum Gasteiger partial charge on any atom is -0.306 e. The van der Waals surface area contributed by atoms with E-state index in [2.05, 4.69) is 11.9 Å². The van der Waals surface area contributed by atoms with Crippen molar-refractivity contribution < 1.29 is 0 Å². The molecule has 0 aromatic heterocycles. The highest BCUT2D eigenvalue weighted by Crippen LogP contribution is 2.37. The average Bonchev–Trinajstić information content (AvgIpc) is 2.32. The van der Waals surface area contributed by atoms with Gasteiger partial charge in [0.05, 0.1) is 0 Å². The molecule has 2 aliphatic heterocycles. The molecule has 1 unspecified atom stereocenters. The Kier molecular flexibility index (Phi) is 2.10. The van der Waals surface area contributed by atoms with Gasteiger partial charge in [0, 0.05) is 19.6 Å². The van der Waals surface area contributed by atoms with Crippen LogP contribution in [0.15, 0.2) is 0 Å². The summed E-state index contributed by atoms with van der Waals surface area (Å²) in [5.41, 5.74) is 0.543. The fourth-order valence-electron chi connectivity index (χ4n) is 2.76. The SMILES string of the molecule is CN1CCCC2(CCN(N)C2)C1. The summed E-state index contributed by atoms with van der Waals surface area (Å²) in [6.07, 6.45) is 4.03. The van der Waals surface area contributed by atoms with Crippen LogP contribution in [0.25, 0.3) is 0 Å². The van der Waals surface area contributed by atoms with Gasteiger partial charge in [0.1, 0.15) is 0 Å². The molecule has 1 spiro atoms. The predicted molar refractivity (Wildman–Crippen MR) is 49.5 cm³/mol. The maximum absolute atomic E-state index is 5.80. The molecule has 2 N–H and O–H groups in total. The Morgan fingerprint density at radius 1 is 1.17 bits per heavy atom. The molecule has 0 aliphatic carbocycles. The maximum atomic E-state index is 5.80. The highest BCUT2D eigenvalue weighted by atomic mass is 15.4. The van der Waals surface area contributed by atoms with Gasteiger partial charge in [0.15, 0.2) is 0 Å². The van der Waals surface area contributed by atoms with E-state index in [0.29, 0.717) is 5.41 Å². The topological polar surface area (TPSA) is 32.5 Å². The summed E-state index contributed by atoms with van der Waals surface area (Å²) in [6.45, 7) is 4.72. The van der Waals surface area contributed by atoms with Crippen LogP contribution in [0.3, 0.4) is 0 Å². The Balaban J connectivity index is 2.00. The minimum atomic E-state index is 0.543. The summed E-state index contributed by atoms with van der Waals surface area (Å²) in [5, 5.41) is 1.99. The van der Waals surface area contributed by atoms with Gasteiger partial charge in [-0.05, 0) is 38.3 Å². The third-order valence-corrected chi connectivity index (χ3v) is 3.32. The van der Waals surface area contributed by atoms with Crippen LogP contribution >= 0.6 is 0 Å². The minimum absolute atomic E-state index is 0.543. The highest BCUT2D eigenvalue weighted by Gasteiger charge is 2.39. The molecule has 2 rings (SSSR count). The Morgan fingerprint density at radius 3 is 2.58 bits per heavy atom. The second-order valence-corrected chi connectivity index (χ2v) is 4.56. The third-order valence-electron chi connectivity index (χ3n) is 3.32. The molecule has 3 heteroatoms. The molecule has 2 saturated heterocycles. The van der Waals surface area contributed by atoms with Crippen molar-refractivity contribution in [3.05, 3.63) is 0 Å². The summed E-state index contributed by atoms with van der Waals surface area (Å²) >= 11 is 0. The predicted octanol–water partition coefficient (Wildman–Crippen LogP) is 0.278. The van der Waals surface area contributed by atoms with Crippen LogP contribution in [-0.4, -0.2) is 43.1 Å². The van der Waals surface area contributed by atoms with E-state index in [4.69, 9.17) is 5.84 Å². The van der Waals surface area contributed by atoms with Gasteiger partial charge in [-0.1, -0.05) is 0 Å². The van der Waals surface area contributed by atoms with Gasteiger partial charge in [0.2, 0.25) is 0 Å². The first-order valence-electron chi connectivity index (χ1n) is 4.88. The van der Waals surface area contributed by atoms with Crippen molar-refractivity contribution in [3.63, 3.8) is 0 Å². The van der Waals surface area contributed by atoms with E-state index in [9.17, 15) is 0 Å². The molecule has 0 radical (unpaired) electrons. The zero-order valence-corrected chi connectivity index (χ0v) is 7.92. The van der Waals surface area contributed by atoms with Gasteiger partial charge >= 0.3 is 0 Å². The molecule has 0 aromatic rings. The van der Waals surface area contributed by atoms with Crippen molar-refractivity contribution in [1.29, 1.82) is 0 Å². The lowest BCUT2D eigenvalue weighted by Crippen LogP contribution is -2.43. The largest absolute Gasteiger partial charge is 0.306 e. The van der Waals surface area contributed by atoms with Crippen molar-refractivity contribution in [1.82, 2.24) is 9.91 Å². The summed E-state index contributed by atoms with van der Waals surface area (Å²) in [5.74, 6) is 5.80. The van der Waals surface area contributed by atoms with Crippen LogP contribution in [0.1, 0.15) is 19.3 Å². The molecule has 1 atom stereocenters. The van der Waals surface area contributed by atoms with Gasteiger partial charge < -0.3 is 4.90 Å². The molecule has 0 bridgehead atoms. The zero-order valence-electron chi connectivity index (χ0n) is 7.92. The van der Waals surface area contributed by atoms with E-state index in [-0.39, 0.29) is 0 Å². The van der Waals surface area contributed by atoms with E-state index in [1.165, 1.54) is 32.4 Å². The molecule has 70 valence electrons. The molecule has 2 fully saturated rings. The van der Waals surface area contributed by atoms with E-state index in [1.807, 2.05) is 5.01 Å². The lowest BCUT2D eigenvalue weighted by Gasteiger charge is -2.38. The lowest BCUT2D eigenvalue weighted by molar-refractivity contribution is 0.113. The van der Waals surface area contributed by atoms with Crippen molar-refractivity contribution in [2.24, 2.45) is 11.3 Å². The van der Waals surface area contributed by atoms with Gasteiger partial charge in [-0.2, -0.15) is 0 Å². The summed E-state index contributed by atoms with van der Waals surface area (Å²) in [7, 11) is 2.22. The normalized spacial score (nSPS) is 39.5. The molecule has 2 heterocycles. The van der Waals surface area contributed by atoms with Crippen LogP contribution < -0.4 is 5.84 Å². The van der Waals surface area contributed by atoms with E-state index in [0.717, 1.165) is 13.1 Å².